The number of nitrogens with zero attached hydrogens (tertiary/aromatic N) is 4. The van der Waals surface area contributed by atoms with Crippen LogP contribution in [-0.4, -0.2) is 21.5 Å². The smallest absolute Gasteiger partial charge is 0.269 e. The van der Waals surface area contributed by atoms with Crippen LogP contribution in [0.3, 0.4) is 0 Å². The van der Waals surface area contributed by atoms with Crippen LogP contribution in [0.4, 0.5) is 16.5 Å². The number of hydrogen-bond donors (Lipinski definition) is 1. The van der Waals surface area contributed by atoms with E-state index >= 15 is 0 Å². The van der Waals surface area contributed by atoms with Gasteiger partial charge < -0.3 is 5.32 Å². The monoisotopic (exact) mass is 407 g/mol. The van der Waals surface area contributed by atoms with E-state index in [-0.39, 0.29) is 11.6 Å². The van der Waals surface area contributed by atoms with E-state index in [9.17, 15) is 14.9 Å². The topological polar surface area (TPSA) is 101 Å². The summed E-state index contributed by atoms with van der Waals surface area (Å²) in [5.41, 5.74) is 2.04. The van der Waals surface area contributed by atoms with Gasteiger partial charge in [-0.15, -0.1) is 11.3 Å². The quantitative estimate of drug-likeness (QED) is 0.503. The van der Waals surface area contributed by atoms with Crippen LogP contribution in [-0.2, 0) is 4.79 Å². The minimum Gasteiger partial charge on any atom is -0.301 e. The van der Waals surface area contributed by atoms with Gasteiger partial charge in [-0.3, -0.25) is 19.9 Å². The van der Waals surface area contributed by atoms with Crippen LogP contribution in [0.1, 0.15) is 18.5 Å². The van der Waals surface area contributed by atoms with E-state index < -0.39 is 16.9 Å². The van der Waals surface area contributed by atoms with E-state index in [1.807, 2.05) is 30.3 Å². The Morgan fingerprint density at radius 2 is 2.00 bits per heavy atom. The van der Waals surface area contributed by atoms with Gasteiger partial charge in [-0.1, -0.05) is 30.3 Å². The first-order chi connectivity index (χ1) is 14.0. The molecule has 0 fully saturated rings. The number of amides is 1. The van der Waals surface area contributed by atoms with Gasteiger partial charge in [-0.25, -0.2) is 4.98 Å². The molecule has 1 aliphatic rings. The fourth-order valence-electron chi connectivity index (χ4n) is 3.42. The van der Waals surface area contributed by atoms with Gasteiger partial charge in [-0.2, -0.15) is 5.10 Å². The molecule has 1 aliphatic heterocycles. The highest BCUT2D eigenvalue weighted by atomic mass is 32.1. The highest BCUT2D eigenvalue weighted by Gasteiger charge is 2.42. The second-order valence-corrected chi connectivity index (χ2v) is 7.42. The van der Waals surface area contributed by atoms with Gasteiger partial charge in [0.05, 0.1) is 22.4 Å². The van der Waals surface area contributed by atoms with Crippen molar-refractivity contribution in [1.82, 2.24) is 4.98 Å². The number of carbonyl (C=O) groups excluding carboxylic acids is 1. The summed E-state index contributed by atoms with van der Waals surface area (Å²) in [6, 6.07) is 15.3. The Kier molecular flexibility index (Phi) is 5.05. The Morgan fingerprint density at radius 1 is 1.21 bits per heavy atom. The number of nitro groups is 1. The number of rotatable bonds is 5. The van der Waals surface area contributed by atoms with Gasteiger partial charge >= 0.3 is 0 Å². The molecular weight excluding hydrogens is 390 g/mol. The molecule has 1 N–H and O–H groups in total. The molecule has 0 saturated heterocycles. The molecule has 1 aromatic heterocycles. The molecule has 0 bridgehead atoms. The third-order valence-corrected chi connectivity index (χ3v) is 5.37. The van der Waals surface area contributed by atoms with Crippen molar-refractivity contribution in [3.63, 3.8) is 0 Å². The summed E-state index contributed by atoms with van der Waals surface area (Å²) >= 11 is 1.33. The Morgan fingerprint density at radius 3 is 2.69 bits per heavy atom. The van der Waals surface area contributed by atoms with Gasteiger partial charge in [0, 0.05) is 23.7 Å². The molecule has 4 rings (SSSR count). The Hall–Kier alpha value is -3.59. The number of carbonyl (C=O) groups is 1. The van der Waals surface area contributed by atoms with Crippen molar-refractivity contribution in [2.75, 3.05) is 10.3 Å². The zero-order valence-corrected chi connectivity index (χ0v) is 16.2. The number of hydrogen-bond acceptors (Lipinski definition) is 7. The van der Waals surface area contributed by atoms with E-state index in [2.05, 4.69) is 15.4 Å². The number of anilines is 2. The van der Waals surface area contributed by atoms with Crippen molar-refractivity contribution in [1.29, 1.82) is 0 Å². The molecule has 3 aromatic rings. The van der Waals surface area contributed by atoms with Gasteiger partial charge in [0.25, 0.3) is 5.69 Å². The standard InChI is InChI=1S/C20H17N5O3S/c1-13-17(19(26)22-20-21-10-11-29-20)18(14-6-5-9-16(12-14)25(27)28)24(23-13)15-7-3-2-4-8-15/h2-12,17-18H,1H3,(H,21,22,26)/t17-,18-/m0/s1. The average molecular weight is 407 g/mol. The summed E-state index contributed by atoms with van der Waals surface area (Å²) in [6.07, 6.45) is 1.62. The van der Waals surface area contributed by atoms with E-state index in [1.165, 1.54) is 23.5 Å². The molecule has 9 heteroatoms. The number of hydrazone groups is 1. The van der Waals surface area contributed by atoms with Gasteiger partial charge in [0.1, 0.15) is 5.92 Å². The maximum Gasteiger partial charge on any atom is 0.269 e. The number of thiazole rings is 1. The third kappa shape index (κ3) is 3.72. The molecule has 2 aromatic carbocycles. The first-order valence-electron chi connectivity index (χ1n) is 8.88. The summed E-state index contributed by atoms with van der Waals surface area (Å²) in [7, 11) is 0. The third-order valence-electron chi connectivity index (χ3n) is 4.68. The van der Waals surface area contributed by atoms with Crippen molar-refractivity contribution >= 4 is 39.5 Å². The lowest BCUT2D eigenvalue weighted by molar-refractivity contribution is -0.384. The van der Waals surface area contributed by atoms with Crippen LogP contribution in [0.2, 0.25) is 0 Å². The van der Waals surface area contributed by atoms with Gasteiger partial charge in [-0.05, 0) is 24.6 Å². The molecule has 0 spiro atoms. The normalized spacial score (nSPS) is 18.4. The van der Waals surface area contributed by atoms with Crippen LogP contribution in [0, 0.1) is 16.0 Å². The molecule has 146 valence electrons. The number of aromatic nitrogens is 1. The Balaban J connectivity index is 1.76. The summed E-state index contributed by atoms with van der Waals surface area (Å²) in [5.74, 6) is -0.878. The highest BCUT2D eigenvalue weighted by molar-refractivity contribution is 7.13. The van der Waals surface area contributed by atoms with Crippen molar-refractivity contribution in [3.8, 4) is 0 Å². The summed E-state index contributed by atoms with van der Waals surface area (Å²) in [4.78, 5) is 28.1. The summed E-state index contributed by atoms with van der Waals surface area (Å²) in [6.45, 7) is 1.79. The largest absolute Gasteiger partial charge is 0.301 e. The molecule has 29 heavy (non-hydrogen) atoms. The van der Waals surface area contributed by atoms with Gasteiger partial charge in [0.2, 0.25) is 5.91 Å². The molecule has 0 aliphatic carbocycles. The SMILES string of the molecule is CC1=NN(c2ccccc2)[C@@H](c2cccc([N+](=O)[O-])c2)[C@H]1C(=O)Nc1nccs1. The number of non-ortho nitro benzene ring substituents is 1. The van der Waals surface area contributed by atoms with Crippen molar-refractivity contribution in [2.24, 2.45) is 11.0 Å². The van der Waals surface area contributed by atoms with Crippen molar-refractivity contribution < 1.29 is 9.72 Å². The maximum absolute atomic E-state index is 13.1. The van der Waals surface area contributed by atoms with E-state index in [1.54, 1.807) is 35.6 Å². The number of nitro benzene ring substituents is 1. The number of para-hydroxylation sites is 1. The summed E-state index contributed by atoms with van der Waals surface area (Å²) < 4.78 is 0. The second-order valence-electron chi connectivity index (χ2n) is 6.52. The molecule has 0 radical (unpaired) electrons. The fourth-order valence-corrected chi connectivity index (χ4v) is 3.95. The lowest BCUT2D eigenvalue weighted by Gasteiger charge is -2.27. The Labute approximate surface area is 170 Å². The highest BCUT2D eigenvalue weighted by Crippen LogP contribution is 2.40. The van der Waals surface area contributed by atoms with Crippen LogP contribution in [0.15, 0.2) is 71.3 Å². The van der Waals surface area contributed by atoms with E-state index in [4.69, 9.17) is 0 Å². The minimum atomic E-state index is -0.624. The van der Waals surface area contributed by atoms with Crippen LogP contribution >= 0.6 is 11.3 Å². The predicted molar refractivity (Wildman–Crippen MR) is 112 cm³/mol. The first kappa shape index (κ1) is 18.8. The lowest BCUT2D eigenvalue weighted by atomic mass is 9.89. The molecule has 0 saturated carbocycles. The van der Waals surface area contributed by atoms with Crippen molar-refractivity contribution in [3.05, 3.63) is 81.9 Å². The molecule has 1 amide bonds. The average Bonchev–Trinajstić information content (AvgIpc) is 3.36. The van der Waals surface area contributed by atoms with E-state index in [0.29, 0.717) is 16.4 Å². The zero-order chi connectivity index (χ0) is 20.4. The van der Waals surface area contributed by atoms with Crippen LogP contribution in [0.25, 0.3) is 0 Å². The van der Waals surface area contributed by atoms with Crippen molar-refractivity contribution in [2.45, 2.75) is 13.0 Å². The molecule has 2 heterocycles. The molecule has 8 nitrogen and oxygen atoms in total. The lowest BCUT2D eigenvalue weighted by Crippen LogP contribution is -2.34. The Bertz CT molecular complexity index is 1070. The van der Waals surface area contributed by atoms with Crippen LogP contribution in [0.5, 0.6) is 0 Å². The second kappa shape index (κ2) is 7.80. The molecular formula is C20H17N5O3S. The maximum atomic E-state index is 13.1. The predicted octanol–water partition coefficient (Wildman–Crippen LogP) is 4.24. The minimum absolute atomic E-state index is 0.0286. The number of nitrogens with one attached hydrogen (secondary N) is 1. The molecule has 2 atom stereocenters. The zero-order valence-electron chi connectivity index (χ0n) is 15.4. The first-order valence-corrected chi connectivity index (χ1v) is 9.76. The van der Waals surface area contributed by atoms with Crippen LogP contribution < -0.4 is 10.3 Å². The summed E-state index contributed by atoms with van der Waals surface area (Å²) in [5, 5.41) is 22.8. The fraction of sp³-hybridized carbons (Fsp3) is 0.150. The van der Waals surface area contributed by atoms with Gasteiger partial charge in [0.15, 0.2) is 5.13 Å². The number of benzene rings is 2. The molecule has 0 unspecified atom stereocenters. The van der Waals surface area contributed by atoms with E-state index in [0.717, 1.165) is 5.69 Å².